The fourth-order valence-corrected chi connectivity index (χ4v) is 6.19. The normalized spacial score (nSPS) is 20.0. The molecule has 6 nitrogen and oxygen atoms in total. The Bertz CT molecular complexity index is 1290. The van der Waals surface area contributed by atoms with Crippen molar-refractivity contribution in [3.05, 3.63) is 59.2 Å². The third kappa shape index (κ3) is 7.97. The van der Waals surface area contributed by atoms with Crippen LogP contribution in [0.15, 0.2) is 52.3 Å². The number of morpholine rings is 1. The lowest BCUT2D eigenvalue weighted by atomic mass is 9.99. The van der Waals surface area contributed by atoms with Gasteiger partial charge in [0.2, 0.25) is 5.91 Å². The van der Waals surface area contributed by atoms with Gasteiger partial charge in [0.15, 0.2) is 0 Å². The highest BCUT2D eigenvalue weighted by molar-refractivity contribution is 7.99. The van der Waals surface area contributed by atoms with E-state index in [0.29, 0.717) is 17.4 Å². The van der Waals surface area contributed by atoms with Crippen LogP contribution in [0.3, 0.4) is 0 Å². The topological polar surface area (TPSA) is 78.9 Å². The van der Waals surface area contributed by atoms with Gasteiger partial charge in [-0.3, -0.25) is 9.59 Å². The molecule has 1 heterocycles. The molecule has 2 atom stereocenters. The Hall–Kier alpha value is -3.19. The highest BCUT2D eigenvalue weighted by atomic mass is 32.2. The van der Waals surface area contributed by atoms with Crippen molar-refractivity contribution in [2.24, 2.45) is 5.92 Å². The average Bonchev–Trinajstić information content (AvgIpc) is 3.32. The summed E-state index contributed by atoms with van der Waals surface area (Å²) in [6, 6.07) is 8.02. The molecule has 0 radical (unpaired) electrons. The van der Waals surface area contributed by atoms with Crippen molar-refractivity contribution in [1.82, 2.24) is 4.90 Å². The maximum absolute atomic E-state index is 14.2. The van der Waals surface area contributed by atoms with Crippen molar-refractivity contribution in [1.29, 1.82) is 0 Å². The van der Waals surface area contributed by atoms with Crippen molar-refractivity contribution < 1.29 is 45.8 Å². The molecular weight excluding hydrogens is 574 g/mol. The predicted molar refractivity (Wildman–Crippen MR) is 140 cm³/mol. The van der Waals surface area contributed by atoms with Gasteiger partial charge < -0.3 is 20.1 Å². The van der Waals surface area contributed by atoms with Crippen LogP contribution in [-0.4, -0.2) is 54.2 Å². The van der Waals surface area contributed by atoms with E-state index in [1.165, 1.54) is 17.0 Å². The van der Waals surface area contributed by atoms with Crippen LogP contribution in [0.5, 0.6) is 0 Å². The second-order valence-electron chi connectivity index (χ2n) is 9.84. The maximum Gasteiger partial charge on any atom is 0.418 e. The molecule has 1 amide bonds. The number of rotatable bonds is 8. The van der Waals surface area contributed by atoms with Crippen LogP contribution < -0.4 is 5.32 Å². The number of nitrogens with zero attached hydrogens (tertiary/aromatic N) is 1. The Morgan fingerprint density at radius 1 is 1.02 bits per heavy atom. The van der Waals surface area contributed by atoms with Gasteiger partial charge in [-0.2, -0.15) is 26.3 Å². The number of amides is 1. The minimum Gasteiger partial charge on any atom is -0.481 e. The molecule has 1 aliphatic carbocycles. The predicted octanol–water partition coefficient (Wildman–Crippen LogP) is 6.80. The monoisotopic (exact) mass is 602 g/mol. The van der Waals surface area contributed by atoms with Crippen LogP contribution in [0.1, 0.15) is 42.4 Å². The van der Waals surface area contributed by atoms with Crippen LogP contribution in [0.25, 0.3) is 6.08 Å². The molecule has 41 heavy (non-hydrogen) atoms. The van der Waals surface area contributed by atoms with Gasteiger partial charge in [-0.1, -0.05) is 30.3 Å². The molecular formula is C28H28F6N2O4S. The number of hydrogen-bond acceptors (Lipinski definition) is 5. The van der Waals surface area contributed by atoms with Crippen LogP contribution in [0.2, 0.25) is 0 Å². The lowest BCUT2D eigenvalue weighted by Gasteiger charge is -2.25. The van der Waals surface area contributed by atoms with Gasteiger partial charge >= 0.3 is 18.3 Å². The Labute approximate surface area is 236 Å². The molecule has 1 saturated heterocycles. The number of anilines is 1. The van der Waals surface area contributed by atoms with Crippen molar-refractivity contribution in [3.8, 4) is 0 Å². The molecule has 2 unspecified atom stereocenters. The zero-order valence-electron chi connectivity index (χ0n) is 21.7. The second kappa shape index (κ2) is 12.8. The average molecular weight is 603 g/mol. The minimum atomic E-state index is -5.35. The summed E-state index contributed by atoms with van der Waals surface area (Å²) in [6.07, 6.45) is -6.80. The van der Waals surface area contributed by atoms with E-state index in [1.807, 2.05) is 0 Å². The quantitative estimate of drug-likeness (QED) is 0.256. The van der Waals surface area contributed by atoms with Gasteiger partial charge in [-0.25, -0.2) is 0 Å². The molecule has 2 aromatic rings. The molecule has 2 fully saturated rings. The summed E-state index contributed by atoms with van der Waals surface area (Å²) in [6.45, 7) is 0.983. The molecule has 1 saturated carbocycles. The number of carboxylic acids is 1. The van der Waals surface area contributed by atoms with Gasteiger partial charge in [0.05, 0.1) is 30.8 Å². The highest BCUT2D eigenvalue weighted by Gasteiger charge is 2.46. The number of hydrogen-bond donors (Lipinski definition) is 2. The summed E-state index contributed by atoms with van der Waals surface area (Å²) < 4.78 is 90.2. The molecule has 13 heteroatoms. The lowest BCUT2D eigenvalue weighted by molar-refractivity contribution is -0.163. The number of aliphatic carboxylic acids is 1. The van der Waals surface area contributed by atoms with Crippen LogP contribution >= 0.6 is 11.8 Å². The van der Waals surface area contributed by atoms with E-state index in [1.54, 1.807) is 12.1 Å². The van der Waals surface area contributed by atoms with Crippen LogP contribution in [-0.2, 0) is 26.7 Å². The zero-order valence-corrected chi connectivity index (χ0v) is 22.5. The zero-order chi connectivity index (χ0) is 29.8. The summed E-state index contributed by atoms with van der Waals surface area (Å²) in [7, 11) is 0. The first kappa shape index (κ1) is 30.8. The second-order valence-corrected chi connectivity index (χ2v) is 11.0. The largest absolute Gasteiger partial charge is 0.481 e. The summed E-state index contributed by atoms with van der Waals surface area (Å²) >= 11 is 0.543. The van der Waals surface area contributed by atoms with Gasteiger partial charge in [0, 0.05) is 40.7 Å². The summed E-state index contributed by atoms with van der Waals surface area (Å²) in [4.78, 5) is 24.5. The Morgan fingerprint density at radius 2 is 1.73 bits per heavy atom. The number of nitrogens with one attached hydrogen (secondary N) is 1. The fraction of sp³-hybridized carbons (Fsp3) is 0.429. The van der Waals surface area contributed by atoms with Crippen LogP contribution in [0.4, 0.5) is 32.0 Å². The van der Waals surface area contributed by atoms with E-state index >= 15 is 0 Å². The maximum atomic E-state index is 14.2. The first-order valence-electron chi connectivity index (χ1n) is 13.0. The van der Waals surface area contributed by atoms with E-state index in [-0.39, 0.29) is 49.6 Å². The first-order chi connectivity index (χ1) is 19.3. The first-order valence-corrected chi connectivity index (χ1v) is 13.8. The number of benzene rings is 2. The molecule has 0 bridgehead atoms. The SMILES string of the molecule is O=C(O)CC1CCCC1Nc1cccc(Sc2ccc(/C=C/C(=O)N3CCOCC3)c(C(F)(F)F)c2C(F)(F)F)c1. The third-order valence-corrected chi connectivity index (χ3v) is 8.05. The van der Waals surface area contributed by atoms with Gasteiger partial charge in [-0.05, 0) is 54.7 Å². The van der Waals surface area contributed by atoms with Crippen molar-refractivity contribution in [2.75, 3.05) is 31.6 Å². The van der Waals surface area contributed by atoms with E-state index in [4.69, 9.17) is 9.84 Å². The van der Waals surface area contributed by atoms with Crippen LogP contribution in [0, 0.1) is 5.92 Å². The molecule has 4 rings (SSSR count). The molecule has 2 N–H and O–H groups in total. The standard InChI is InChI=1S/C28H28F6N2O4S/c29-27(30,31)25-17(8-10-23(37)36-11-13-40-14-12-36)7-9-22(26(25)28(32,33)34)41-20-5-2-4-19(16-20)35-21-6-1-3-18(21)15-24(38)39/h2,4-5,7-10,16,18,21,35H,1,3,6,11-15H2,(H,38,39)/b10-8+. The number of carbonyl (C=O) groups is 2. The summed E-state index contributed by atoms with van der Waals surface area (Å²) in [5.74, 6) is -1.65. The van der Waals surface area contributed by atoms with Crippen molar-refractivity contribution in [2.45, 2.75) is 53.9 Å². The Morgan fingerprint density at radius 3 is 2.39 bits per heavy atom. The Balaban J connectivity index is 1.64. The van der Waals surface area contributed by atoms with Gasteiger partial charge in [0.25, 0.3) is 0 Å². The summed E-state index contributed by atoms with van der Waals surface area (Å²) in [5, 5.41) is 12.4. The van der Waals surface area contributed by atoms with E-state index in [0.717, 1.165) is 43.5 Å². The van der Waals surface area contributed by atoms with E-state index in [2.05, 4.69) is 5.32 Å². The molecule has 222 valence electrons. The molecule has 1 aliphatic heterocycles. The molecule has 2 aliphatic rings. The number of carboxylic acid groups (broad SMARTS) is 1. The lowest BCUT2D eigenvalue weighted by Crippen LogP contribution is -2.39. The fourth-order valence-electron chi connectivity index (χ4n) is 5.15. The molecule has 0 spiro atoms. The van der Waals surface area contributed by atoms with E-state index < -0.39 is 45.8 Å². The third-order valence-electron chi connectivity index (χ3n) is 7.00. The Kier molecular flexibility index (Phi) is 9.58. The smallest absolute Gasteiger partial charge is 0.418 e. The van der Waals surface area contributed by atoms with E-state index in [9.17, 15) is 35.9 Å². The number of carbonyl (C=O) groups excluding carboxylic acids is 1. The number of alkyl halides is 6. The van der Waals surface area contributed by atoms with Crippen molar-refractivity contribution >= 4 is 35.4 Å². The molecule has 2 aromatic carbocycles. The van der Waals surface area contributed by atoms with Crippen molar-refractivity contribution in [3.63, 3.8) is 0 Å². The van der Waals surface area contributed by atoms with Gasteiger partial charge in [0.1, 0.15) is 0 Å². The number of ether oxygens (including phenoxy) is 1. The molecule has 0 aromatic heterocycles. The highest BCUT2D eigenvalue weighted by Crippen LogP contribution is 2.48. The summed E-state index contributed by atoms with van der Waals surface area (Å²) in [5.41, 5.74) is -3.93. The van der Waals surface area contributed by atoms with Gasteiger partial charge in [-0.15, -0.1) is 0 Å². The number of halogens is 6. The minimum absolute atomic E-state index is 0.0138.